The minimum Gasteiger partial charge on any atom is -0.326 e. The highest BCUT2D eigenvalue weighted by atomic mass is 32.2. The van der Waals surface area contributed by atoms with Gasteiger partial charge in [0.2, 0.25) is 10.0 Å². The van der Waals surface area contributed by atoms with Crippen LogP contribution in [0.2, 0.25) is 0 Å². The Labute approximate surface area is 122 Å². The Balaban J connectivity index is 2.84. The molecule has 1 rings (SSSR count). The quantitative estimate of drug-likeness (QED) is 0.716. The van der Waals surface area contributed by atoms with Gasteiger partial charge in [-0.15, -0.1) is 0 Å². The van der Waals surface area contributed by atoms with E-state index in [-0.39, 0.29) is 18.7 Å². The second-order valence-electron chi connectivity index (χ2n) is 4.19. The Kier molecular flexibility index (Phi) is 6.87. The molecule has 1 aromatic rings. The molecular formula is C12H18F2N2O2S2. The summed E-state index contributed by atoms with van der Waals surface area (Å²) >= 11 is 1.66. The number of halogens is 2. The van der Waals surface area contributed by atoms with Crippen LogP contribution in [0.25, 0.3) is 0 Å². The number of hydrogen-bond donors (Lipinski definition) is 2. The highest BCUT2D eigenvalue weighted by Gasteiger charge is 2.22. The first-order valence-electron chi connectivity index (χ1n) is 6.09. The Bertz CT molecular complexity index is 551. The zero-order valence-corrected chi connectivity index (χ0v) is 12.8. The van der Waals surface area contributed by atoms with Crippen LogP contribution in [-0.2, 0) is 16.6 Å². The summed E-state index contributed by atoms with van der Waals surface area (Å²) in [6.45, 7) is 0.129. The van der Waals surface area contributed by atoms with Crippen molar-refractivity contribution in [1.29, 1.82) is 0 Å². The number of nitrogens with one attached hydrogen (secondary N) is 1. The van der Waals surface area contributed by atoms with Gasteiger partial charge in [-0.3, -0.25) is 0 Å². The first-order chi connectivity index (χ1) is 9.42. The molecule has 8 heteroatoms. The van der Waals surface area contributed by atoms with E-state index >= 15 is 0 Å². The van der Waals surface area contributed by atoms with Crippen molar-refractivity contribution in [2.45, 2.75) is 24.3 Å². The Morgan fingerprint density at radius 1 is 1.30 bits per heavy atom. The molecule has 0 spiro atoms. The molecule has 3 N–H and O–H groups in total. The van der Waals surface area contributed by atoms with Crippen LogP contribution in [0.1, 0.15) is 18.4 Å². The van der Waals surface area contributed by atoms with Gasteiger partial charge in [0.15, 0.2) is 11.6 Å². The standard InChI is InChI=1S/C12H18F2N2O2S2/c1-19-5-3-2-4-16-20(17,18)11-7-9(8-15)6-10(13)12(11)14/h6-7,16H,2-5,8,15H2,1H3. The molecule has 0 heterocycles. The van der Waals surface area contributed by atoms with Gasteiger partial charge in [0.1, 0.15) is 4.90 Å². The maximum atomic E-state index is 13.6. The fourth-order valence-electron chi connectivity index (χ4n) is 1.59. The Hall–Kier alpha value is -0.700. The van der Waals surface area contributed by atoms with Crippen molar-refractivity contribution in [3.8, 4) is 0 Å². The largest absolute Gasteiger partial charge is 0.326 e. The number of nitrogens with two attached hydrogens (primary N) is 1. The third-order valence-electron chi connectivity index (χ3n) is 2.65. The monoisotopic (exact) mass is 324 g/mol. The molecule has 0 aromatic heterocycles. The molecule has 0 fully saturated rings. The molecular weight excluding hydrogens is 306 g/mol. The third-order valence-corrected chi connectivity index (χ3v) is 4.80. The summed E-state index contributed by atoms with van der Waals surface area (Å²) < 4.78 is 53.1. The van der Waals surface area contributed by atoms with Gasteiger partial charge in [-0.25, -0.2) is 21.9 Å². The van der Waals surface area contributed by atoms with E-state index in [1.165, 1.54) is 0 Å². The molecule has 1 aromatic carbocycles. The SMILES string of the molecule is CSCCCCNS(=O)(=O)c1cc(CN)cc(F)c1F. The van der Waals surface area contributed by atoms with Crippen molar-refractivity contribution in [2.75, 3.05) is 18.6 Å². The van der Waals surface area contributed by atoms with Crippen LogP contribution in [-0.4, -0.2) is 27.0 Å². The van der Waals surface area contributed by atoms with Crippen molar-refractivity contribution < 1.29 is 17.2 Å². The van der Waals surface area contributed by atoms with Crippen LogP contribution in [0.4, 0.5) is 8.78 Å². The molecule has 0 bridgehead atoms. The second-order valence-corrected chi connectivity index (χ2v) is 6.91. The molecule has 0 saturated carbocycles. The summed E-state index contributed by atoms with van der Waals surface area (Å²) in [6.07, 6.45) is 3.45. The van der Waals surface area contributed by atoms with Crippen LogP contribution < -0.4 is 10.5 Å². The number of rotatable bonds is 8. The van der Waals surface area contributed by atoms with E-state index < -0.39 is 26.6 Å². The van der Waals surface area contributed by atoms with Gasteiger partial charge in [0, 0.05) is 13.1 Å². The fraction of sp³-hybridized carbons (Fsp3) is 0.500. The molecule has 4 nitrogen and oxygen atoms in total. The van der Waals surface area contributed by atoms with Crippen LogP contribution >= 0.6 is 11.8 Å². The van der Waals surface area contributed by atoms with Crippen molar-refractivity contribution in [2.24, 2.45) is 5.73 Å². The van der Waals surface area contributed by atoms with Crippen molar-refractivity contribution in [1.82, 2.24) is 4.72 Å². The van der Waals surface area contributed by atoms with Gasteiger partial charge in [0.25, 0.3) is 0 Å². The van der Waals surface area contributed by atoms with E-state index in [0.29, 0.717) is 6.42 Å². The minimum atomic E-state index is -4.06. The lowest BCUT2D eigenvalue weighted by molar-refractivity contribution is 0.481. The molecule has 0 amide bonds. The normalized spacial score (nSPS) is 11.8. The fourth-order valence-corrected chi connectivity index (χ4v) is 3.29. The summed E-state index contributed by atoms with van der Waals surface area (Å²) in [5.41, 5.74) is 5.56. The summed E-state index contributed by atoms with van der Waals surface area (Å²) in [7, 11) is -4.06. The topological polar surface area (TPSA) is 72.2 Å². The van der Waals surface area contributed by atoms with E-state index in [2.05, 4.69) is 4.72 Å². The Morgan fingerprint density at radius 2 is 2.00 bits per heavy atom. The average Bonchev–Trinajstić information content (AvgIpc) is 2.41. The van der Waals surface area contributed by atoms with Gasteiger partial charge in [-0.2, -0.15) is 11.8 Å². The molecule has 20 heavy (non-hydrogen) atoms. The van der Waals surface area contributed by atoms with Gasteiger partial charge in [-0.05, 0) is 42.5 Å². The molecule has 0 unspecified atom stereocenters. The second kappa shape index (κ2) is 7.92. The van der Waals surface area contributed by atoms with Crippen molar-refractivity contribution in [3.05, 3.63) is 29.3 Å². The summed E-state index contributed by atoms with van der Waals surface area (Å²) in [4.78, 5) is -0.692. The van der Waals surface area contributed by atoms with Gasteiger partial charge >= 0.3 is 0 Å². The first-order valence-corrected chi connectivity index (χ1v) is 8.96. The summed E-state index contributed by atoms with van der Waals surface area (Å²) in [5, 5.41) is 0. The van der Waals surface area contributed by atoms with E-state index in [1.54, 1.807) is 11.8 Å². The molecule has 0 aliphatic carbocycles. The summed E-state index contributed by atoms with van der Waals surface area (Å²) in [5.74, 6) is -1.66. The van der Waals surface area contributed by atoms with Gasteiger partial charge < -0.3 is 5.73 Å². The molecule has 0 aliphatic heterocycles. The molecule has 0 saturated heterocycles. The maximum absolute atomic E-state index is 13.6. The third kappa shape index (κ3) is 4.69. The Morgan fingerprint density at radius 3 is 2.60 bits per heavy atom. The van der Waals surface area contributed by atoms with Gasteiger partial charge in [-0.1, -0.05) is 0 Å². The predicted molar refractivity (Wildman–Crippen MR) is 77.1 cm³/mol. The minimum absolute atomic E-state index is 0.0621. The number of sulfonamides is 1. The first kappa shape index (κ1) is 17.4. The number of benzene rings is 1. The smallest absolute Gasteiger partial charge is 0.243 e. The van der Waals surface area contributed by atoms with Gasteiger partial charge in [0.05, 0.1) is 0 Å². The zero-order chi connectivity index (χ0) is 15.2. The van der Waals surface area contributed by atoms with Crippen LogP contribution in [0.5, 0.6) is 0 Å². The lowest BCUT2D eigenvalue weighted by Crippen LogP contribution is -2.26. The highest BCUT2D eigenvalue weighted by Crippen LogP contribution is 2.19. The number of hydrogen-bond acceptors (Lipinski definition) is 4. The van der Waals surface area contributed by atoms with Crippen molar-refractivity contribution in [3.63, 3.8) is 0 Å². The number of thioether (sulfide) groups is 1. The number of unbranched alkanes of at least 4 members (excludes halogenated alkanes) is 1. The maximum Gasteiger partial charge on any atom is 0.243 e. The average molecular weight is 324 g/mol. The molecule has 0 aliphatic rings. The van der Waals surface area contributed by atoms with Crippen molar-refractivity contribution >= 4 is 21.8 Å². The molecule has 0 atom stereocenters. The van der Waals surface area contributed by atoms with E-state index in [1.807, 2.05) is 6.26 Å². The summed E-state index contributed by atoms with van der Waals surface area (Å²) in [6, 6.07) is 1.95. The van der Waals surface area contributed by atoms with E-state index in [9.17, 15) is 17.2 Å². The lowest BCUT2D eigenvalue weighted by atomic mass is 10.2. The highest BCUT2D eigenvalue weighted by molar-refractivity contribution is 7.98. The predicted octanol–water partition coefficient (Wildman–Crippen LogP) is 1.85. The lowest BCUT2D eigenvalue weighted by Gasteiger charge is -2.09. The van der Waals surface area contributed by atoms with Crippen LogP contribution in [0.3, 0.4) is 0 Å². The zero-order valence-electron chi connectivity index (χ0n) is 11.2. The van der Waals surface area contributed by atoms with E-state index in [4.69, 9.17) is 5.73 Å². The molecule has 114 valence electrons. The van der Waals surface area contributed by atoms with Crippen LogP contribution in [0, 0.1) is 11.6 Å². The van der Waals surface area contributed by atoms with Crippen LogP contribution in [0.15, 0.2) is 17.0 Å². The molecule has 0 radical (unpaired) electrons. The van der Waals surface area contributed by atoms with E-state index in [0.717, 1.165) is 24.3 Å².